The van der Waals surface area contributed by atoms with E-state index in [0.29, 0.717) is 5.95 Å². The molecule has 0 fully saturated rings. The molecule has 0 saturated carbocycles. The highest BCUT2D eigenvalue weighted by Crippen LogP contribution is 2.23. The summed E-state index contributed by atoms with van der Waals surface area (Å²) in [6, 6.07) is 17.3. The van der Waals surface area contributed by atoms with Gasteiger partial charge in [-0.3, -0.25) is 10.1 Å². The summed E-state index contributed by atoms with van der Waals surface area (Å²) in [6.45, 7) is 9.82. The van der Waals surface area contributed by atoms with Gasteiger partial charge in [0.2, 0.25) is 11.9 Å². The molecule has 0 saturated heterocycles. The van der Waals surface area contributed by atoms with Gasteiger partial charge in [-0.2, -0.15) is 0 Å². The van der Waals surface area contributed by atoms with E-state index in [0.717, 1.165) is 42.8 Å². The predicted molar refractivity (Wildman–Crippen MR) is 133 cm³/mol. The van der Waals surface area contributed by atoms with Crippen LogP contribution < -0.4 is 11.1 Å². The highest BCUT2D eigenvalue weighted by Gasteiger charge is 2.24. The predicted octanol–water partition coefficient (Wildman–Crippen LogP) is 4.50. The summed E-state index contributed by atoms with van der Waals surface area (Å²) >= 11 is 0. The third kappa shape index (κ3) is 6.43. The largest absolute Gasteiger partial charge is 0.323 e. The van der Waals surface area contributed by atoms with Crippen molar-refractivity contribution < 1.29 is 4.79 Å². The summed E-state index contributed by atoms with van der Waals surface area (Å²) in [7, 11) is 0. The Labute approximate surface area is 197 Å². The maximum Gasteiger partial charge on any atom is 0.231 e. The highest BCUT2D eigenvalue weighted by atomic mass is 35.5. The van der Waals surface area contributed by atoms with E-state index in [1.807, 2.05) is 61.5 Å². The van der Waals surface area contributed by atoms with Crippen LogP contribution in [0.25, 0.3) is 11.0 Å². The molecule has 1 aromatic heterocycles. The number of amides is 1. The number of halogens is 2. The topological polar surface area (TPSA) is 76.2 Å². The molecule has 2 atom stereocenters. The Morgan fingerprint density at radius 2 is 1.68 bits per heavy atom. The molecule has 3 aromatic rings. The van der Waals surface area contributed by atoms with E-state index < -0.39 is 0 Å². The minimum absolute atomic E-state index is 0. The number of para-hydroxylation sites is 2. The standard InChI is InChI=1S/C23H31N5O.2ClH/c1-4-27(5-2)15-16-28-20-14-10-9-13-19(20)25-23(28)26-22(29)17(3)21(24)18-11-7-6-8-12-18;;/h6-14,17,21H,4-5,15-16,24H2,1-3H3,(H,25,26,29);2*1H. The number of benzene rings is 2. The van der Waals surface area contributed by atoms with Crippen molar-refractivity contribution in [3.05, 3.63) is 60.2 Å². The van der Waals surface area contributed by atoms with Crippen LogP contribution in [0.5, 0.6) is 0 Å². The van der Waals surface area contributed by atoms with Gasteiger partial charge in [0.1, 0.15) is 0 Å². The first-order chi connectivity index (χ1) is 14.0. The molecule has 0 radical (unpaired) electrons. The third-order valence-electron chi connectivity index (χ3n) is 5.56. The Hall–Kier alpha value is -2.12. The Kier molecular flexibility index (Phi) is 11.0. The SMILES string of the molecule is CCN(CC)CCn1c(NC(=O)C(C)C(N)c2ccccc2)nc2ccccc21.Cl.Cl. The third-order valence-corrected chi connectivity index (χ3v) is 5.56. The zero-order valence-electron chi connectivity index (χ0n) is 18.3. The highest BCUT2D eigenvalue weighted by molar-refractivity contribution is 5.93. The number of hydrogen-bond donors (Lipinski definition) is 2. The first kappa shape index (κ1) is 26.9. The van der Waals surface area contributed by atoms with E-state index in [4.69, 9.17) is 5.73 Å². The average Bonchev–Trinajstić information content (AvgIpc) is 3.11. The number of aromatic nitrogens is 2. The molecule has 0 aliphatic heterocycles. The molecular weight excluding hydrogens is 433 g/mol. The molecule has 1 heterocycles. The Balaban J connectivity index is 0.00000240. The fourth-order valence-electron chi connectivity index (χ4n) is 3.53. The Morgan fingerprint density at radius 3 is 2.32 bits per heavy atom. The quantitative estimate of drug-likeness (QED) is 0.487. The maximum atomic E-state index is 13.0. The number of imidazole rings is 1. The average molecular weight is 466 g/mol. The molecule has 0 aliphatic carbocycles. The van der Waals surface area contributed by atoms with Crippen molar-refractivity contribution in [1.82, 2.24) is 14.5 Å². The van der Waals surface area contributed by atoms with E-state index in [2.05, 4.69) is 33.6 Å². The van der Waals surface area contributed by atoms with E-state index in [1.54, 1.807) is 0 Å². The van der Waals surface area contributed by atoms with Gasteiger partial charge in [-0.15, -0.1) is 24.8 Å². The van der Waals surface area contributed by atoms with Crippen LogP contribution in [0, 0.1) is 5.92 Å². The van der Waals surface area contributed by atoms with Crippen molar-refractivity contribution in [2.45, 2.75) is 33.4 Å². The second-order valence-corrected chi connectivity index (χ2v) is 7.32. The molecule has 8 heteroatoms. The number of carbonyl (C=O) groups is 1. The first-order valence-corrected chi connectivity index (χ1v) is 10.3. The summed E-state index contributed by atoms with van der Waals surface area (Å²) in [4.78, 5) is 20.0. The van der Waals surface area contributed by atoms with Crippen LogP contribution >= 0.6 is 24.8 Å². The van der Waals surface area contributed by atoms with E-state index >= 15 is 0 Å². The number of fused-ring (bicyclic) bond motifs is 1. The summed E-state index contributed by atoms with van der Waals surface area (Å²) in [5.41, 5.74) is 9.20. The lowest BCUT2D eigenvalue weighted by Crippen LogP contribution is -2.32. The van der Waals surface area contributed by atoms with Gasteiger partial charge < -0.3 is 15.2 Å². The summed E-state index contributed by atoms with van der Waals surface area (Å²) < 4.78 is 2.09. The number of nitrogens with one attached hydrogen (secondary N) is 1. The second kappa shape index (κ2) is 12.7. The van der Waals surface area contributed by atoms with Crippen LogP contribution in [0.15, 0.2) is 54.6 Å². The molecular formula is C23H33Cl2N5O. The summed E-state index contributed by atoms with van der Waals surface area (Å²) in [5, 5.41) is 3.02. The number of nitrogens with two attached hydrogens (primary N) is 1. The second-order valence-electron chi connectivity index (χ2n) is 7.32. The molecule has 3 rings (SSSR count). The number of nitrogens with zero attached hydrogens (tertiary/aromatic N) is 3. The minimum Gasteiger partial charge on any atom is -0.323 e. The number of hydrogen-bond acceptors (Lipinski definition) is 4. The fourth-order valence-corrected chi connectivity index (χ4v) is 3.53. The summed E-state index contributed by atoms with van der Waals surface area (Å²) in [6.07, 6.45) is 0. The van der Waals surface area contributed by atoms with Crippen molar-refractivity contribution in [2.24, 2.45) is 11.7 Å². The molecule has 2 aromatic carbocycles. The number of carbonyl (C=O) groups excluding carboxylic acids is 1. The van der Waals surface area contributed by atoms with E-state index in [-0.39, 0.29) is 42.7 Å². The van der Waals surface area contributed by atoms with Crippen molar-refractivity contribution in [3.63, 3.8) is 0 Å². The molecule has 0 spiro atoms. The van der Waals surface area contributed by atoms with Gasteiger partial charge in [0.05, 0.1) is 17.0 Å². The van der Waals surface area contributed by atoms with Gasteiger partial charge in [0.15, 0.2) is 0 Å². The zero-order chi connectivity index (χ0) is 20.8. The van der Waals surface area contributed by atoms with Crippen molar-refractivity contribution >= 4 is 47.7 Å². The monoisotopic (exact) mass is 465 g/mol. The van der Waals surface area contributed by atoms with Gasteiger partial charge in [-0.1, -0.05) is 63.2 Å². The number of likely N-dealkylation sites (N-methyl/N-ethyl adjacent to an activating group) is 1. The van der Waals surface area contributed by atoms with E-state index in [9.17, 15) is 4.79 Å². The molecule has 0 bridgehead atoms. The first-order valence-electron chi connectivity index (χ1n) is 10.3. The Morgan fingerprint density at radius 1 is 1.06 bits per heavy atom. The van der Waals surface area contributed by atoms with Crippen LogP contribution in [0.1, 0.15) is 32.4 Å². The van der Waals surface area contributed by atoms with Gasteiger partial charge in [-0.05, 0) is 30.8 Å². The van der Waals surface area contributed by atoms with Crippen molar-refractivity contribution in [2.75, 3.05) is 25.0 Å². The van der Waals surface area contributed by atoms with Crippen LogP contribution in [0.4, 0.5) is 5.95 Å². The lowest BCUT2D eigenvalue weighted by molar-refractivity contribution is -0.120. The maximum absolute atomic E-state index is 13.0. The molecule has 170 valence electrons. The van der Waals surface area contributed by atoms with Crippen LogP contribution in [0.3, 0.4) is 0 Å². The van der Waals surface area contributed by atoms with Crippen LogP contribution in [-0.4, -0.2) is 40.0 Å². The summed E-state index contributed by atoms with van der Waals surface area (Å²) in [5.74, 6) is 0.0738. The van der Waals surface area contributed by atoms with Crippen molar-refractivity contribution in [1.29, 1.82) is 0 Å². The molecule has 1 amide bonds. The smallest absolute Gasteiger partial charge is 0.231 e. The number of anilines is 1. The molecule has 31 heavy (non-hydrogen) atoms. The minimum atomic E-state index is -0.381. The van der Waals surface area contributed by atoms with Gasteiger partial charge in [0.25, 0.3) is 0 Å². The van der Waals surface area contributed by atoms with Gasteiger partial charge >= 0.3 is 0 Å². The fraction of sp³-hybridized carbons (Fsp3) is 0.391. The number of rotatable bonds is 9. The van der Waals surface area contributed by atoms with Gasteiger partial charge in [-0.25, -0.2) is 4.98 Å². The lowest BCUT2D eigenvalue weighted by Gasteiger charge is -2.21. The van der Waals surface area contributed by atoms with Crippen LogP contribution in [-0.2, 0) is 11.3 Å². The zero-order valence-corrected chi connectivity index (χ0v) is 20.0. The van der Waals surface area contributed by atoms with E-state index in [1.165, 1.54) is 0 Å². The van der Waals surface area contributed by atoms with Crippen LogP contribution in [0.2, 0.25) is 0 Å². The Bertz CT molecular complexity index is 944. The molecule has 6 nitrogen and oxygen atoms in total. The van der Waals surface area contributed by atoms with Crippen molar-refractivity contribution in [3.8, 4) is 0 Å². The lowest BCUT2D eigenvalue weighted by atomic mass is 9.95. The molecule has 0 aliphatic rings. The normalized spacial score (nSPS) is 12.7. The van der Waals surface area contributed by atoms with Gasteiger partial charge in [0, 0.05) is 19.1 Å². The molecule has 2 unspecified atom stereocenters. The molecule has 3 N–H and O–H groups in total.